The van der Waals surface area contributed by atoms with Gasteiger partial charge in [-0.25, -0.2) is 0 Å². The second-order valence-electron chi connectivity index (χ2n) is 5.49. The third-order valence-corrected chi connectivity index (χ3v) is 3.52. The van der Waals surface area contributed by atoms with Gasteiger partial charge in [0.05, 0.1) is 25.9 Å². The molecule has 3 unspecified atom stereocenters. The van der Waals surface area contributed by atoms with Crippen molar-refractivity contribution in [1.29, 1.82) is 0 Å². The lowest BCUT2D eigenvalue weighted by atomic mass is 10.2. The van der Waals surface area contributed by atoms with Crippen LogP contribution in [0, 0.1) is 5.92 Å². The Labute approximate surface area is 117 Å². The highest BCUT2D eigenvalue weighted by atomic mass is 16.5. The first-order valence-corrected chi connectivity index (χ1v) is 7.84. The summed E-state index contributed by atoms with van der Waals surface area (Å²) < 4.78 is 10.8. The summed E-state index contributed by atoms with van der Waals surface area (Å²) in [6, 6.07) is 0.631. The molecular weight excluding hydrogens is 242 g/mol. The van der Waals surface area contributed by atoms with E-state index in [0.29, 0.717) is 32.4 Å². The third-order valence-electron chi connectivity index (χ3n) is 3.52. The van der Waals surface area contributed by atoms with Crippen molar-refractivity contribution in [3.8, 4) is 0 Å². The van der Waals surface area contributed by atoms with E-state index in [-0.39, 0.29) is 0 Å². The summed E-state index contributed by atoms with van der Waals surface area (Å²) in [6.07, 6.45) is 5.69. The van der Waals surface area contributed by atoms with Gasteiger partial charge in [-0.2, -0.15) is 0 Å². The van der Waals surface area contributed by atoms with Crippen molar-refractivity contribution < 1.29 is 14.6 Å². The van der Waals surface area contributed by atoms with Gasteiger partial charge >= 0.3 is 0 Å². The Kier molecular flexibility index (Phi) is 9.43. The number of unbranched alkanes of at least 4 members (excludes halogenated alkanes) is 1. The number of hydrogen-bond acceptors (Lipinski definition) is 4. The molecule has 0 saturated heterocycles. The zero-order valence-electron chi connectivity index (χ0n) is 12.6. The lowest BCUT2D eigenvalue weighted by Crippen LogP contribution is -2.32. The Balaban J connectivity index is 1.82. The minimum atomic E-state index is -0.404. The maximum Gasteiger partial charge on any atom is 0.0897 e. The van der Waals surface area contributed by atoms with Gasteiger partial charge in [0.2, 0.25) is 0 Å². The van der Waals surface area contributed by atoms with Crippen molar-refractivity contribution >= 4 is 0 Å². The maximum absolute atomic E-state index is 9.75. The predicted octanol–water partition coefficient (Wildman–Crippen LogP) is 1.96. The normalized spacial score (nSPS) is 23.5. The van der Waals surface area contributed by atoms with Crippen LogP contribution < -0.4 is 5.32 Å². The second kappa shape index (κ2) is 10.6. The van der Waals surface area contributed by atoms with Crippen LogP contribution in [-0.4, -0.2) is 50.2 Å². The van der Waals surface area contributed by atoms with Gasteiger partial charge in [-0.3, -0.25) is 0 Å². The van der Waals surface area contributed by atoms with Crippen LogP contribution in [0.2, 0.25) is 0 Å². The molecule has 1 fully saturated rings. The highest BCUT2D eigenvalue weighted by Gasteiger charge is 2.35. The average Bonchev–Trinajstić information content (AvgIpc) is 3.14. The molecule has 0 radical (unpaired) electrons. The molecule has 0 amide bonds. The molecule has 0 aromatic heterocycles. The Bertz CT molecular complexity index is 214. The van der Waals surface area contributed by atoms with Crippen molar-refractivity contribution in [2.45, 2.75) is 58.1 Å². The zero-order chi connectivity index (χ0) is 13.9. The Morgan fingerprint density at radius 2 is 1.95 bits per heavy atom. The van der Waals surface area contributed by atoms with E-state index in [9.17, 15) is 5.11 Å². The summed E-state index contributed by atoms with van der Waals surface area (Å²) in [7, 11) is 0. The van der Waals surface area contributed by atoms with Gasteiger partial charge in [0.15, 0.2) is 0 Å². The van der Waals surface area contributed by atoms with E-state index in [1.165, 1.54) is 19.3 Å². The first-order chi connectivity index (χ1) is 9.27. The molecule has 114 valence electrons. The minimum absolute atomic E-state index is 0.398. The molecule has 1 rings (SSSR count). The van der Waals surface area contributed by atoms with Gasteiger partial charge in [-0.05, 0) is 25.2 Å². The van der Waals surface area contributed by atoms with Gasteiger partial charge in [-0.1, -0.05) is 26.7 Å². The number of nitrogens with one attached hydrogen (secondary N) is 1. The predicted molar refractivity (Wildman–Crippen MR) is 77.4 cm³/mol. The molecule has 0 bridgehead atoms. The third kappa shape index (κ3) is 8.58. The number of aliphatic hydroxyl groups excluding tert-OH is 1. The van der Waals surface area contributed by atoms with E-state index in [4.69, 9.17) is 9.47 Å². The number of ether oxygens (including phenoxy) is 2. The van der Waals surface area contributed by atoms with Crippen LogP contribution in [0.4, 0.5) is 0 Å². The minimum Gasteiger partial charge on any atom is -0.389 e. The van der Waals surface area contributed by atoms with Crippen molar-refractivity contribution in [1.82, 2.24) is 5.32 Å². The standard InChI is InChI=1S/C15H31NO3/c1-3-5-7-18-8-9-19-12-14(17)11-16-15-10-13(15)6-4-2/h13-17H,3-12H2,1-2H3. The van der Waals surface area contributed by atoms with Crippen LogP contribution in [0.15, 0.2) is 0 Å². The quantitative estimate of drug-likeness (QED) is 0.504. The van der Waals surface area contributed by atoms with E-state index >= 15 is 0 Å². The topological polar surface area (TPSA) is 50.7 Å². The molecular formula is C15H31NO3. The van der Waals surface area contributed by atoms with E-state index < -0.39 is 6.10 Å². The van der Waals surface area contributed by atoms with E-state index in [0.717, 1.165) is 25.4 Å². The van der Waals surface area contributed by atoms with Gasteiger partial charge in [0.1, 0.15) is 0 Å². The fraction of sp³-hybridized carbons (Fsp3) is 1.00. The monoisotopic (exact) mass is 273 g/mol. The summed E-state index contributed by atoms with van der Waals surface area (Å²) in [6.45, 7) is 7.42. The molecule has 0 aromatic carbocycles. The second-order valence-corrected chi connectivity index (χ2v) is 5.49. The number of hydrogen-bond donors (Lipinski definition) is 2. The molecule has 3 atom stereocenters. The van der Waals surface area contributed by atoms with Crippen LogP contribution in [-0.2, 0) is 9.47 Å². The highest BCUT2D eigenvalue weighted by Crippen LogP contribution is 2.34. The lowest BCUT2D eigenvalue weighted by Gasteiger charge is -2.12. The molecule has 0 heterocycles. The molecule has 2 N–H and O–H groups in total. The number of rotatable bonds is 13. The molecule has 4 heteroatoms. The molecule has 1 saturated carbocycles. The van der Waals surface area contributed by atoms with Crippen molar-refractivity contribution in [3.05, 3.63) is 0 Å². The fourth-order valence-corrected chi connectivity index (χ4v) is 2.22. The van der Waals surface area contributed by atoms with E-state index in [1.54, 1.807) is 0 Å². The first-order valence-electron chi connectivity index (χ1n) is 7.84. The van der Waals surface area contributed by atoms with Gasteiger partial charge in [-0.15, -0.1) is 0 Å². The molecule has 0 aliphatic heterocycles. The summed E-state index contributed by atoms with van der Waals surface area (Å²) in [5, 5.41) is 13.2. The SMILES string of the molecule is CCCCOCCOCC(O)CNC1CC1CCC. The molecule has 0 spiro atoms. The lowest BCUT2D eigenvalue weighted by molar-refractivity contribution is 0.00375. The van der Waals surface area contributed by atoms with Crippen LogP contribution in [0.25, 0.3) is 0 Å². The van der Waals surface area contributed by atoms with E-state index in [2.05, 4.69) is 19.2 Å². The molecule has 4 nitrogen and oxygen atoms in total. The molecule has 1 aliphatic rings. The summed E-state index contributed by atoms with van der Waals surface area (Å²) >= 11 is 0. The number of aliphatic hydroxyl groups is 1. The average molecular weight is 273 g/mol. The Morgan fingerprint density at radius 3 is 2.68 bits per heavy atom. The summed E-state index contributed by atoms with van der Waals surface area (Å²) in [5.41, 5.74) is 0. The van der Waals surface area contributed by atoms with Crippen molar-refractivity contribution in [2.24, 2.45) is 5.92 Å². The van der Waals surface area contributed by atoms with Gasteiger partial charge in [0.25, 0.3) is 0 Å². The van der Waals surface area contributed by atoms with Crippen LogP contribution >= 0.6 is 0 Å². The zero-order valence-corrected chi connectivity index (χ0v) is 12.6. The van der Waals surface area contributed by atoms with Gasteiger partial charge < -0.3 is 19.9 Å². The maximum atomic E-state index is 9.75. The Morgan fingerprint density at radius 1 is 1.16 bits per heavy atom. The van der Waals surface area contributed by atoms with Crippen LogP contribution in [0.3, 0.4) is 0 Å². The van der Waals surface area contributed by atoms with Crippen LogP contribution in [0.5, 0.6) is 0 Å². The van der Waals surface area contributed by atoms with E-state index in [1.807, 2.05) is 0 Å². The van der Waals surface area contributed by atoms with Crippen molar-refractivity contribution in [3.63, 3.8) is 0 Å². The molecule has 1 aliphatic carbocycles. The molecule has 0 aromatic rings. The van der Waals surface area contributed by atoms with Crippen molar-refractivity contribution in [2.75, 3.05) is 33.0 Å². The Hall–Kier alpha value is -0.160. The smallest absolute Gasteiger partial charge is 0.0897 e. The summed E-state index contributed by atoms with van der Waals surface area (Å²) in [5.74, 6) is 0.838. The largest absolute Gasteiger partial charge is 0.389 e. The first kappa shape index (κ1) is 16.9. The highest BCUT2D eigenvalue weighted by molar-refractivity contribution is 4.92. The fourth-order valence-electron chi connectivity index (χ4n) is 2.22. The van der Waals surface area contributed by atoms with Crippen LogP contribution in [0.1, 0.15) is 46.0 Å². The molecule has 19 heavy (non-hydrogen) atoms. The van der Waals surface area contributed by atoms with Gasteiger partial charge in [0, 0.05) is 19.2 Å². The summed E-state index contributed by atoms with van der Waals surface area (Å²) in [4.78, 5) is 0.